The van der Waals surface area contributed by atoms with E-state index in [9.17, 15) is 22.8 Å². The number of carbonyl (C=O) groups is 1. The molecule has 3 aromatic rings. The Morgan fingerprint density at radius 3 is 2.52 bits per heavy atom. The number of allylic oxidation sites excluding steroid dienone is 2. The summed E-state index contributed by atoms with van der Waals surface area (Å²) in [5.41, 5.74) is -0.310. The summed E-state index contributed by atoms with van der Waals surface area (Å²) < 4.78 is 26.4. The number of Topliss-reactive ketones (excluding diaryl/α,β-unsaturated/α-hetero) is 1. The van der Waals surface area contributed by atoms with Gasteiger partial charge in [-0.3, -0.25) is 18.7 Å². The van der Waals surface area contributed by atoms with Crippen molar-refractivity contribution < 1.29 is 13.2 Å². The smallest absolute Gasteiger partial charge is 0.305 e. The summed E-state index contributed by atoms with van der Waals surface area (Å²) in [6, 6.07) is 5.07. The van der Waals surface area contributed by atoms with E-state index in [0.717, 1.165) is 20.8 Å². The number of primary sulfonamides is 1. The minimum Gasteiger partial charge on any atom is -0.305 e. The van der Waals surface area contributed by atoms with Crippen molar-refractivity contribution in [2.75, 3.05) is 0 Å². The SMILES string of the molecule is CC(C)=CCn1c(Cl)nc2c1c(=O)n(CC(=O)c1cccc(S(N)(=O)=O)c1)c(=O)n2C. The second-order valence-electron chi connectivity index (χ2n) is 7.17. The summed E-state index contributed by atoms with van der Waals surface area (Å²) in [5.74, 6) is -0.634. The van der Waals surface area contributed by atoms with Gasteiger partial charge in [-0.05, 0) is 37.6 Å². The number of aryl methyl sites for hydroxylation is 1. The maximum Gasteiger partial charge on any atom is 0.332 e. The summed E-state index contributed by atoms with van der Waals surface area (Å²) in [7, 11) is -2.60. The van der Waals surface area contributed by atoms with Crippen LogP contribution in [-0.4, -0.2) is 32.9 Å². The van der Waals surface area contributed by atoms with Gasteiger partial charge in [-0.25, -0.2) is 18.4 Å². The summed E-state index contributed by atoms with van der Waals surface area (Å²) in [6.45, 7) is 3.43. The molecule has 10 nitrogen and oxygen atoms in total. The van der Waals surface area contributed by atoms with Gasteiger partial charge in [0.15, 0.2) is 16.9 Å². The van der Waals surface area contributed by atoms with Crippen LogP contribution in [-0.2, 0) is 30.2 Å². The first-order valence-corrected chi connectivity index (χ1v) is 11.0. The molecule has 0 spiro atoms. The molecule has 2 heterocycles. The van der Waals surface area contributed by atoms with Crippen molar-refractivity contribution in [3.8, 4) is 0 Å². The van der Waals surface area contributed by atoms with Crippen molar-refractivity contribution in [3.63, 3.8) is 0 Å². The fraction of sp³-hybridized carbons (Fsp3) is 0.263. The van der Waals surface area contributed by atoms with Gasteiger partial charge in [0.25, 0.3) is 5.56 Å². The lowest BCUT2D eigenvalue weighted by Crippen LogP contribution is -2.41. The van der Waals surface area contributed by atoms with Gasteiger partial charge in [-0.2, -0.15) is 4.98 Å². The molecule has 0 radical (unpaired) electrons. The monoisotopic (exact) mass is 465 g/mol. The molecule has 0 saturated carbocycles. The Morgan fingerprint density at radius 2 is 1.90 bits per heavy atom. The van der Waals surface area contributed by atoms with Crippen molar-refractivity contribution in [3.05, 3.63) is 67.6 Å². The lowest BCUT2D eigenvalue weighted by atomic mass is 10.1. The number of rotatable bonds is 6. The number of carbonyl (C=O) groups excluding carboxylic acids is 1. The van der Waals surface area contributed by atoms with Crippen LogP contribution in [0.2, 0.25) is 5.28 Å². The van der Waals surface area contributed by atoms with Crippen LogP contribution >= 0.6 is 11.6 Å². The third kappa shape index (κ3) is 4.38. The van der Waals surface area contributed by atoms with Gasteiger partial charge in [0.2, 0.25) is 15.3 Å². The summed E-state index contributed by atoms with van der Waals surface area (Å²) in [5, 5.41) is 5.13. The number of hydrogen-bond acceptors (Lipinski definition) is 6. The van der Waals surface area contributed by atoms with Gasteiger partial charge in [0.05, 0.1) is 11.4 Å². The first-order valence-electron chi connectivity index (χ1n) is 9.06. The van der Waals surface area contributed by atoms with E-state index in [1.807, 2.05) is 19.9 Å². The number of ketones is 1. The van der Waals surface area contributed by atoms with E-state index < -0.39 is 33.6 Å². The van der Waals surface area contributed by atoms with Crippen LogP contribution in [0.15, 0.2) is 50.4 Å². The Kier molecular flexibility index (Phi) is 6.03. The highest BCUT2D eigenvalue weighted by atomic mass is 35.5. The molecular formula is C19H20ClN5O5S. The van der Waals surface area contributed by atoms with Gasteiger partial charge in [-0.1, -0.05) is 23.8 Å². The molecule has 3 rings (SSSR count). The molecule has 0 aliphatic rings. The number of halogens is 1. The van der Waals surface area contributed by atoms with Gasteiger partial charge >= 0.3 is 5.69 Å². The minimum atomic E-state index is -4.02. The second-order valence-corrected chi connectivity index (χ2v) is 9.07. The van der Waals surface area contributed by atoms with Gasteiger partial charge < -0.3 is 4.57 Å². The topological polar surface area (TPSA) is 139 Å². The van der Waals surface area contributed by atoms with Crippen LogP contribution in [0, 0.1) is 0 Å². The van der Waals surface area contributed by atoms with Gasteiger partial charge in [0.1, 0.15) is 0 Å². The van der Waals surface area contributed by atoms with E-state index in [2.05, 4.69) is 4.98 Å². The molecule has 164 valence electrons. The zero-order valence-corrected chi connectivity index (χ0v) is 18.6. The zero-order valence-electron chi connectivity index (χ0n) is 17.0. The Labute approximate surface area is 182 Å². The molecule has 0 atom stereocenters. The third-order valence-corrected chi connectivity index (χ3v) is 5.85. The van der Waals surface area contributed by atoms with Crippen LogP contribution in [0.3, 0.4) is 0 Å². The number of sulfonamides is 1. The predicted octanol–water partition coefficient (Wildman–Crippen LogP) is 1.05. The van der Waals surface area contributed by atoms with E-state index in [-0.39, 0.29) is 33.5 Å². The molecule has 0 amide bonds. The molecule has 1 aromatic carbocycles. The second kappa shape index (κ2) is 8.25. The molecule has 31 heavy (non-hydrogen) atoms. The van der Waals surface area contributed by atoms with E-state index in [1.54, 1.807) is 0 Å². The molecule has 0 aliphatic carbocycles. The van der Waals surface area contributed by atoms with Crippen molar-refractivity contribution in [2.24, 2.45) is 12.2 Å². The van der Waals surface area contributed by atoms with E-state index in [0.29, 0.717) is 0 Å². The third-order valence-electron chi connectivity index (χ3n) is 4.65. The normalized spacial score (nSPS) is 11.6. The quantitative estimate of drug-likeness (QED) is 0.328. The number of hydrogen-bond donors (Lipinski definition) is 1. The molecule has 2 N–H and O–H groups in total. The lowest BCUT2D eigenvalue weighted by molar-refractivity contribution is 0.0968. The van der Waals surface area contributed by atoms with Crippen molar-refractivity contribution in [1.29, 1.82) is 0 Å². The highest BCUT2D eigenvalue weighted by Crippen LogP contribution is 2.16. The van der Waals surface area contributed by atoms with Crippen LogP contribution < -0.4 is 16.4 Å². The largest absolute Gasteiger partial charge is 0.332 e. The summed E-state index contributed by atoms with van der Waals surface area (Å²) >= 11 is 6.18. The van der Waals surface area contributed by atoms with Gasteiger partial charge in [-0.15, -0.1) is 0 Å². The van der Waals surface area contributed by atoms with Crippen LogP contribution in [0.4, 0.5) is 0 Å². The number of imidazole rings is 1. The van der Waals surface area contributed by atoms with Crippen LogP contribution in [0.25, 0.3) is 11.2 Å². The molecule has 0 fully saturated rings. The number of nitrogens with zero attached hydrogens (tertiary/aromatic N) is 4. The predicted molar refractivity (Wildman–Crippen MR) is 116 cm³/mol. The van der Waals surface area contributed by atoms with Crippen LogP contribution in [0.1, 0.15) is 24.2 Å². The molecule has 2 aromatic heterocycles. The number of aromatic nitrogens is 4. The highest BCUT2D eigenvalue weighted by molar-refractivity contribution is 7.89. The Bertz CT molecular complexity index is 1460. The molecule has 0 bridgehead atoms. The maximum atomic E-state index is 13.1. The van der Waals surface area contributed by atoms with E-state index in [1.165, 1.54) is 29.8 Å². The van der Waals surface area contributed by atoms with Crippen molar-refractivity contribution in [1.82, 2.24) is 18.7 Å². The van der Waals surface area contributed by atoms with Gasteiger partial charge in [0, 0.05) is 19.2 Å². The highest BCUT2D eigenvalue weighted by Gasteiger charge is 2.21. The number of nitrogens with two attached hydrogens (primary N) is 1. The van der Waals surface area contributed by atoms with Crippen molar-refractivity contribution >= 4 is 38.6 Å². The fourth-order valence-electron chi connectivity index (χ4n) is 3.01. The Hall–Kier alpha value is -3.02. The molecule has 0 unspecified atom stereocenters. The maximum absolute atomic E-state index is 13.1. The lowest BCUT2D eigenvalue weighted by Gasteiger charge is -2.09. The first-order chi connectivity index (χ1) is 14.4. The molecule has 12 heteroatoms. The first kappa shape index (κ1) is 22.7. The zero-order chi connectivity index (χ0) is 23.1. The molecule has 0 aliphatic heterocycles. The average Bonchev–Trinajstić information content (AvgIpc) is 3.03. The standard InChI is InChI=1S/C19H20ClN5O5S/c1-11(2)7-8-24-15-16(22-18(24)20)23(3)19(28)25(17(15)27)10-14(26)12-5-4-6-13(9-12)31(21,29)30/h4-7,9H,8,10H2,1-3H3,(H2,21,29,30). The Balaban J connectivity index is 2.14. The fourth-order valence-corrected chi connectivity index (χ4v) is 3.80. The number of fused-ring (bicyclic) bond motifs is 1. The molecular weight excluding hydrogens is 446 g/mol. The average molecular weight is 466 g/mol. The summed E-state index contributed by atoms with van der Waals surface area (Å²) in [4.78, 5) is 42.5. The molecule has 0 saturated heterocycles. The van der Waals surface area contributed by atoms with Crippen molar-refractivity contribution in [2.45, 2.75) is 31.8 Å². The number of benzene rings is 1. The minimum absolute atomic E-state index is 0.00310. The summed E-state index contributed by atoms with van der Waals surface area (Å²) in [6.07, 6.45) is 1.84. The van der Waals surface area contributed by atoms with E-state index >= 15 is 0 Å². The van der Waals surface area contributed by atoms with Crippen LogP contribution in [0.5, 0.6) is 0 Å². The van der Waals surface area contributed by atoms with E-state index in [4.69, 9.17) is 16.7 Å². The Morgan fingerprint density at radius 1 is 1.23 bits per heavy atom.